The summed E-state index contributed by atoms with van der Waals surface area (Å²) in [6.45, 7) is 0. The summed E-state index contributed by atoms with van der Waals surface area (Å²) >= 11 is 0. The number of benzene rings is 1. The van der Waals surface area contributed by atoms with Crippen molar-refractivity contribution in [3.05, 3.63) is 66.5 Å². The fourth-order valence-corrected chi connectivity index (χ4v) is 2.70. The molecule has 0 saturated carbocycles. The first-order valence-corrected chi connectivity index (χ1v) is 8.32. The third kappa shape index (κ3) is 4.25. The largest absolute Gasteiger partial charge is 0.573 e. The fraction of sp³-hybridized carbons (Fsp3) is 0.158. The Morgan fingerprint density at radius 1 is 1.04 bits per heavy atom. The lowest BCUT2D eigenvalue weighted by molar-refractivity contribution is -0.274. The molecule has 0 amide bonds. The second kappa shape index (κ2) is 7.26. The molecule has 1 atom stereocenters. The number of pyridine rings is 1. The van der Waals surface area contributed by atoms with Crippen LogP contribution in [0.2, 0.25) is 0 Å². The smallest absolute Gasteiger partial charge is 0.438 e. The standard InChI is InChI=1S/C19H14F3N3O3/c20-19(21,22)27-13-5-3-12(4-6-13)17-10-18(25-28-17)26-14-7-8-16(24-11-14)15-2-1-9-23-15/h1-9,11,17,23H,10H2/t17-/m1/s1. The van der Waals surface area contributed by atoms with Crippen LogP contribution in [0.4, 0.5) is 13.2 Å². The summed E-state index contributed by atoms with van der Waals surface area (Å²) in [4.78, 5) is 12.7. The lowest BCUT2D eigenvalue weighted by atomic mass is 10.1. The molecule has 0 fully saturated rings. The van der Waals surface area contributed by atoms with E-state index in [-0.39, 0.29) is 5.75 Å². The summed E-state index contributed by atoms with van der Waals surface area (Å²) in [5, 5.41) is 3.89. The van der Waals surface area contributed by atoms with Crippen LogP contribution in [-0.2, 0) is 4.84 Å². The minimum absolute atomic E-state index is 0.292. The molecule has 0 spiro atoms. The Kier molecular flexibility index (Phi) is 4.64. The van der Waals surface area contributed by atoms with E-state index in [1.807, 2.05) is 24.4 Å². The maximum Gasteiger partial charge on any atom is 0.573 e. The SMILES string of the molecule is FC(F)(F)Oc1ccc([C@H]2CC(Oc3ccc(-c4ccc[nH]4)nc3)=NO2)cc1. The maximum absolute atomic E-state index is 12.2. The van der Waals surface area contributed by atoms with Crippen molar-refractivity contribution in [3.8, 4) is 22.9 Å². The molecule has 1 aliphatic heterocycles. The summed E-state index contributed by atoms with van der Waals surface area (Å²) in [5.74, 6) is 0.571. The Bertz CT molecular complexity index is 953. The highest BCUT2D eigenvalue weighted by Crippen LogP contribution is 2.31. The van der Waals surface area contributed by atoms with Gasteiger partial charge in [0, 0.05) is 6.20 Å². The van der Waals surface area contributed by atoms with E-state index in [2.05, 4.69) is 19.9 Å². The number of alkyl halides is 3. The van der Waals surface area contributed by atoms with Crippen molar-refractivity contribution in [1.82, 2.24) is 9.97 Å². The van der Waals surface area contributed by atoms with Crippen LogP contribution in [-0.4, -0.2) is 22.2 Å². The van der Waals surface area contributed by atoms with Crippen LogP contribution < -0.4 is 9.47 Å². The van der Waals surface area contributed by atoms with Gasteiger partial charge in [0.05, 0.1) is 24.0 Å². The number of oxime groups is 1. The van der Waals surface area contributed by atoms with Crippen molar-refractivity contribution in [3.63, 3.8) is 0 Å². The van der Waals surface area contributed by atoms with Crippen LogP contribution >= 0.6 is 0 Å². The van der Waals surface area contributed by atoms with Gasteiger partial charge in [-0.3, -0.25) is 4.98 Å². The van der Waals surface area contributed by atoms with Gasteiger partial charge < -0.3 is 19.3 Å². The molecule has 9 heteroatoms. The molecule has 28 heavy (non-hydrogen) atoms. The Morgan fingerprint density at radius 3 is 2.46 bits per heavy atom. The zero-order valence-corrected chi connectivity index (χ0v) is 14.3. The second-order valence-electron chi connectivity index (χ2n) is 5.97. The van der Waals surface area contributed by atoms with E-state index < -0.39 is 12.5 Å². The number of hydrogen-bond donors (Lipinski definition) is 1. The molecule has 1 N–H and O–H groups in total. The minimum Gasteiger partial charge on any atom is -0.438 e. The predicted octanol–water partition coefficient (Wildman–Crippen LogP) is 4.83. The van der Waals surface area contributed by atoms with Crippen LogP contribution in [0.1, 0.15) is 18.1 Å². The number of nitrogens with one attached hydrogen (secondary N) is 1. The molecule has 2 aromatic heterocycles. The number of rotatable bonds is 4. The number of hydrogen-bond acceptors (Lipinski definition) is 5. The molecule has 0 bridgehead atoms. The molecule has 0 unspecified atom stereocenters. The highest BCUT2D eigenvalue weighted by Gasteiger charge is 2.31. The third-order valence-corrected chi connectivity index (χ3v) is 3.97. The lowest BCUT2D eigenvalue weighted by Gasteiger charge is -2.11. The molecule has 1 aliphatic rings. The van der Waals surface area contributed by atoms with E-state index in [0.29, 0.717) is 23.6 Å². The van der Waals surface area contributed by atoms with E-state index in [4.69, 9.17) is 9.57 Å². The summed E-state index contributed by atoms with van der Waals surface area (Å²) in [6.07, 6.45) is -1.43. The minimum atomic E-state index is -4.72. The molecule has 3 aromatic rings. The maximum atomic E-state index is 12.2. The highest BCUT2D eigenvalue weighted by atomic mass is 19.4. The van der Waals surface area contributed by atoms with E-state index in [0.717, 1.165) is 11.4 Å². The lowest BCUT2D eigenvalue weighted by Crippen LogP contribution is -2.17. The molecular formula is C19H14F3N3O3. The van der Waals surface area contributed by atoms with E-state index >= 15 is 0 Å². The first-order valence-electron chi connectivity index (χ1n) is 8.32. The van der Waals surface area contributed by atoms with Gasteiger partial charge in [0.15, 0.2) is 6.10 Å². The summed E-state index contributed by atoms with van der Waals surface area (Å²) in [7, 11) is 0. The van der Waals surface area contributed by atoms with Gasteiger partial charge in [0.2, 0.25) is 5.90 Å². The average molecular weight is 389 g/mol. The van der Waals surface area contributed by atoms with E-state index in [1.165, 1.54) is 24.3 Å². The second-order valence-corrected chi connectivity index (χ2v) is 5.97. The van der Waals surface area contributed by atoms with Crippen molar-refractivity contribution < 1.29 is 27.5 Å². The number of H-pyrrole nitrogens is 1. The van der Waals surface area contributed by atoms with Crippen molar-refractivity contribution in [1.29, 1.82) is 0 Å². The fourth-order valence-electron chi connectivity index (χ4n) is 2.70. The zero-order chi connectivity index (χ0) is 19.6. The molecule has 0 radical (unpaired) electrons. The van der Waals surface area contributed by atoms with Crippen LogP contribution in [0.3, 0.4) is 0 Å². The number of aromatic amines is 1. The average Bonchev–Trinajstić information content (AvgIpc) is 3.34. The van der Waals surface area contributed by atoms with Crippen molar-refractivity contribution in [2.45, 2.75) is 18.9 Å². The first-order chi connectivity index (χ1) is 13.5. The monoisotopic (exact) mass is 389 g/mol. The summed E-state index contributed by atoms with van der Waals surface area (Å²) in [6, 6.07) is 12.8. The van der Waals surface area contributed by atoms with E-state index in [9.17, 15) is 13.2 Å². The normalized spacial score (nSPS) is 16.4. The van der Waals surface area contributed by atoms with E-state index in [1.54, 1.807) is 12.3 Å². The molecular weight excluding hydrogens is 375 g/mol. The van der Waals surface area contributed by atoms with Gasteiger partial charge in [0.25, 0.3) is 0 Å². The third-order valence-electron chi connectivity index (χ3n) is 3.97. The molecule has 4 rings (SSSR count). The van der Waals surface area contributed by atoms with Crippen LogP contribution in [0, 0.1) is 0 Å². The van der Waals surface area contributed by atoms with Gasteiger partial charge in [-0.05, 0) is 42.0 Å². The number of halogens is 3. The molecule has 144 valence electrons. The van der Waals surface area contributed by atoms with Crippen LogP contribution in [0.5, 0.6) is 11.5 Å². The molecule has 0 aliphatic carbocycles. The van der Waals surface area contributed by atoms with Gasteiger partial charge in [-0.1, -0.05) is 17.3 Å². The Hall–Kier alpha value is -3.49. The first kappa shape index (κ1) is 17.9. The predicted molar refractivity (Wildman–Crippen MR) is 93.7 cm³/mol. The number of nitrogens with zero attached hydrogens (tertiary/aromatic N) is 2. The van der Waals surface area contributed by atoms with Crippen molar-refractivity contribution >= 4 is 5.90 Å². The van der Waals surface area contributed by atoms with Crippen molar-refractivity contribution in [2.24, 2.45) is 5.16 Å². The molecule has 1 aromatic carbocycles. The summed E-state index contributed by atoms with van der Waals surface area (Å²) < 4.78 is 46.2. The number of aromatic nitrogens is 2. The van der Waals surface area contributed by atoms with Crippen molar-refractivity contribution in [2.75, 3.05) is 0 Å². The van der Waals surface area contributed by atoms with Gasteiger partial charge in [-0.25, -0.2) is 0 Å². The summed E-state index contributed by atoms with van der Waals surface area (Å²) in [5.41, 5.74) is 2.34. The molecule has 0 saturated heterocycles. The zero-order valence-electron chi connectivity index (χ0n) is 14.3. The molecule has 6 nitrogen and oxygen atoms in total. The van der Waals surface area contributed by atoms with Crippen LogP contribution in [0.15, 0.2) is 66.1 Å². The topological polar surface area (TPSA) is 68.7 Å². The van der Waals surface area contributed by atoms with Gasteiger partial charge in [0.1, 0.15) is 11.5 Å². The molecule has 3 heterocycles. The Morgan fingerprint density at radius 2 is 1.82 bits per heavy atom. The Balaban J connectivity index is 1.35. The van der Waals surface area contributed by atoms with Crippen LogP contribution in [0.25, 0.3) is 11.4 Å². The van der Waals surface area contributed by atoms with Gasteiger partial charge in [-0.2, -0.15) is 0 Å². The van der Waals surface area contributed by atoms with Gasteiger partial charge in [-0.15, -0.1) is 13.2 Å². The Labute approximate surface area is 157 Å². The number of ether oxygens (including phenoxy) is 2. The quantitative estimate of drug-likeness (QED) is 0.694. The van der Waals surface area contributed by atoms with Gasteiger partial charge >= 0.3 is 6.36 Å². The highest BCUT2D eigenvalue weighted by molar-refractivity contribution is 5.79.